The van der Waals surface area contributed by atoms with Gasteiger partial charge in [-0.15, -0.1) is 0 Å². The van der Waals surface area contributed by atoms with Crippen LogP contribution in [0.25, 0.3) is 0 Å². The molecule has 1 aromatic carbocycles. The second kappa shape index (κ2) is 5.02. The van der Waals surface area contributed by atoms with E-state index in [1.165, 1.54) is 12.1 Å². The van der Waals surface area contributed by atoms with Gasteiger partial charge < -0.3 is 5.32 Å². The van der Waals surface area contributed by atoms with Crippen molar-refractivity contribution in [1.29, 1.82) is 0 Å². The van der Waals surface area contributed by atoms with Crippen LogP contribution in [-0.2, 0) is 0 Å². The molecule has 0 saturated heterocycles. The maximum atomic E-state index is 12.8. The number of nitrogens with one attached hydrogen (secondary N) is 1. The molecule has 0 spiro atoms. The highest BCUT2D eigenvalue weighted by Gasteiger charge is 1.98. The van der Waals surface area contributed by atoms with Crippen LogP contribution >= 0.6 is 15.9 Å². The van der Waals surface area contributed by atoms with Crippen molar-refractivity contribution in [3.05, 3.63) is 40.6 Å². The highest BCUT2D eigenvalue weighted by Crippen LogP contribution is 2.22. The Labute approximate surface area is 85.8 Å². The lowest BCUT2D eigenvalue weighted by atomic mass is 10.3. The predicted molar refractivity (Wildman–Crippen MR) is 57.4 cm³/mol. The molecule has 70 valence electrons. The van der Waals surface area contributed by atoms with Crippen LogP contribution in [-0.4, -0.2) is 6.54 Å². The van der Waals surface area contributed by atoms with Gasteiger partial charge in [-0.1, -0.05) is 12.2 Å². The summed E-state index contributed by atoms with van der Waals surface area (Å²) in [5.41, 5.74) is 0.776. The molecule has 0 aromatic heterocycles. The summed E-state index contributed by atoms with van der Waals surface area (Å²) >= 11 is 3.33. The summed E-state index contributed by atoms with van der Waals surface area (Å²) in [7, 11) is 0. The summed E-state index contributed by atoms with van der Waals surface area (Å²) in [5, 5.41) is 3.08. The minimum absolute atomic E-state index is 0.230. The van der Waals surface area contributed by atoms with Gasteiger partial charge in [0.2, 0.25) is 0 Å². The summed E-state index contributed by atoms with van der Waals surface area (Å²) in [4.78, 5) is 0. The SMILES string of the molecule is C/C=C/CNc1cc(F)ccc1Br. The molecule has 3 heteroatoms. The molecule has 1 N–H and O–H groups in total. The molecule has 1 rings (SSSR count). The van der Waals surface area contributed by atoms with Crippen molar-refractivity contribution < 1.29 is 4.39 Å². The molecule has 0 bridgehead atoms. The molecule has 0 aliphatic heterocycles. The van der Waals surface area contributed by atoms with Gasteiger partial charge in [0.25, 0.3) is 0 Å². The maximum absolute atomic E-state index is 12.8. The summed E-state index contributed by atoms with van der Waals surface area (Å²) in [5.74, 6) is -0.230. The van der Waals surface area contributed by atoms with Crippen LogP contribution in [0.1, 0.15) is 6.92 Å². The van der Waals surface area contributed by atoms with Crippen molar-refractivity contribution in [2.75, 3.05) is 11.9 Å². The Morgan fingerprint density at radius 2 is 2.31 bits per heavy atom. The summed E-state index contributed by atoms with van der Waals surface area (Å²) in [6, 6.07) is 4.58. The van der Waals surface area contributed by atoms with Gasteiger partial charge in [0, 0.05) is 11.0 Å². The predicted octanol–water partition coefficient (Wildman–Crippen LogP) is 3.58. The molecular weight excluding hydrogens is 233 g/mol. The van der Waals surface area contributed by atoms with E-state index in [9.17, 15) is 4.39 Å². The van der Waals surface area contributed by atoms with Gasteiger partial charge in [-0.05, 0) is 41.1 Å². The third kappa shape index (κ3) is 3.19. The van der Waals surface area contributed by atoms with Crippen LogP contribution in [0.2, 0.25) is 0 Å². The molecular formula is C10H11BrFN. The first-order valence-corrected chi connectivity index (χ1v) is 4.83. The zero-order chi connectivity index (χ0) is 9.68. The van der Waals surface area contributed by atoms with Crippen LogP contribution in [0, 0.1) is 5.82 Å². The Bertz CT molecular complexity index is 310. The van der Waals surface area contributed by atoms with Crippen LogP contribution in [0.15, 0.2) is 34.8 Å². The summed E-state index contributed by atoms with van der Waals surface area (Å²) in [6.07, 6.45) is 3.91. The van der Waals surface area contributed by atoms with E-state index in [1.54, 1.807) is 6.07 Å². The van der Waals surface area contributed by atoms with Crippen LogP contribution in [0.3, 0.4) is 0 Å². The molecule has 0 aliphatic carbocycles. The fraction of sp³-hybridized carbons (Fsp3) is 0.200. The first kappa shape index (κ1) is 10.3. The molecule has 0 amide bonds. The van der Waals surface area contributed by atoms with Crippen molar-refractivity contribution in [2.45, 2.75) is 6.92 Å². The topological polar surface area (TPSA) is 12.0 Å². The average Bonchev–Trinajstić information content (AvgIpc) is 2.11. The lowest BCUT2D eigenvalue weighted by Gasteiger charge is -2.05. The standard InChI is InChI=1S/C10H11BrFN/c1-2-3-6-13-10-7-8(12)4-5-9(10)11/h2-5,7,13H,6H2,1H3/b3-2+. The fourth-order valence-corrected chi connectivity index (χ4v) is 1.31. The highest BCUT2D eigenvalue weighted by molar-refractivity contribution is 9.10. The normalized spacial score (nSPS) is 10.7. The van der Waals surface area contributed by atoms with E-state index in [0.29, 0.717) is 6.54 Å². The van der Waals surface area contributed by atoms with E-state index in [1.807, 2.05) is 19.1 Å². The third-order valence-corrected chi connectivity index (χ3v) is 2.27. The van der Waals surface area contributed by atoms with E-state index in [0.717, 1.165) is 10.2 Å². The lowest BCUT2D eigenvalue weighted by Crippen LogP contribution is -1.99. The molecule has 0 aliphatic rings. The van der Waals surface area contributed by atoms with Crippen molar-refractivity contribution in [3.8, 4) is 0 Å². The van der Waals surface area contributed by atoms with Gasteiger partial charge in [-0.25, -0.2) is 4.39 Å². The molecule has 13 heavy (non-hydrogen) atoms. The second-order valence-electron chi connectivity index (χ2n) is 2.57. The van der Waals surface area contributed by atoms with Crippen molar-refractivity contribution >= 4 is 21.6 Å². The molecule has 0 heterocycles. The number of hydrogen-bond donors (Lipinski definition) is 1. The van der Waals surface area contributed by atoms with E-state index in [-0.39, 0.29) is 5.82 Å². The van der Waals surface area contributed by atoms with Crippen molar-refractivity contribution in [1.82, 2.24) is 0 Å². The Kier molecular flexibility index (Phi) is 3.96. The van der Waals surface area contributed by atoms with E-state index in [2.05, 4.69) is 21.2 Å². The monoisotopic (exact) mass is 243 g/mol. The van der Waals surface area contributed by atoms with E-state index in [4.69, 9.17) is 0 Å². The van der Waals surface area contributed by atoms with E-state index >= 15 is 0 Å². The van der Waals surface area contributed by atoms with Gasteiger partial charge in [0.15, 0.2) is 0 Å². The number of halogens is 2. The molecule has 1 aromatic rings. The first-order valence-electron chi connectivity index (χ1n) is 4.04. The maximum Gasteiger partial charge on any atom is 0.125 e. The Balaban J connectivity index is 2.69. The number of benzene rings is 1. The van der Waals surface area contributed by atoms with Gasteiger partial charge >= 0.3 is 0 Å². The minimum atomic E-state index is -0.230. The smallest absolute Gasteiger partial charge is 0.125 e. The fourth-order valence-electron chi connectivity index (χ4n) is 0.920. The van der Waals surface area contributed by atoms with Gasteiger partial charge in [0.05, 0.1) is 5.69 Å². The zero-order valence-electron chi connectivity index (χ0n) is 7.35. The summed E-state index contributed by atoms with van der Waals surface area (Å²) in [6.45, 7) is 2.65. The van der Waals surface area contributed by atoms with Gasteiger partial charge in [-0.2, -0.15) is 0 Å². The Hall–Kier alpha value is -0.830. The quantitative estimate of drug-likeness (QED) is 0.801. The molecule has 0 radical (unpaired) electrons. The Morgan fingerprint density at radius 3 is 3.00 bits per heavy atom. The summed E-state index contributed by atoms with van der Waals surface area (Å²) < 4.78 is 13.7. The Morgan fingerprint density at radius 1 is 1.54 bits per heavy atom. The van der Waals surface area contributed by atoms with Gasteiger partial charge in [-0.3, -0.25) is 0 Å². The molecule has 0 atom stereocenters. The van der Waals surface area contributed by atoms with Gasteiger partial charge in [0.1, 0.15) is 5.82 Å². The highest BCUT2D eigenvalue weighted by atomic mass is 79.9. The third-order valence-electron chi connectivity index (χ3n) is 1.57. The van der Waals surface area contributed by atoms with E-state index < -0.39 is 0 Å². The minimum Gasteiger partial charge on any atom is -0.381 e. The zero-order valence-corrected chi connectivity index (χ0v) is 8.94. The molecule has 1 nitrogen and oxygen atoms in total. The largest absolute Gasteiger partial charge is 0.381 e. The van der Waals surface area contributed by atoms with Crippen LogP contribution in [0.5, 0.6) is 0 Å². The number of hydrogen-bond acceptors (Lipinski definition) is 1. The number of rotatable bonds is 3. The number of allylic oxidation sites excluding steroid dienone is 1. The van der Waals surface area contributed by atoms with Crippen molar-refractivity contribution in [3.63, 3.8) is 0 Å². The average molecular weight is 244 g/mol. The number of anilines is 1. The first-order chi connectivity index (χ1) is 6.24. The molecule has 0 saturated carbocycles. The lowest BCUT2D eigenvalue weighted by molar-refractivity contribution is 0.628. The second-order valence-corrected chi connectivity index (χ2v) is 3.43. The van der Waals surface area contributed by atoms with Crippen molar-refractivity contribution in [2.24, 2.45) is 0 Å². The van der Waals surface area contributed by atoms with Crippen LogP contribution < -0.4 is 5.32 Å². The molecule has 0 unspecified atom stereocenters. The molecule has 0 fully saturated rings. The van der Waals surface area contributed by atoms with Crippen LogP contribution in [0.4, 0.5) is 10.1 Å².